The van der Waals surface area contributed by atoms with Crippen LogP contribution in [0.15, 0.2) is 16.7 Å². The van der Waals surface area contributed by atoms with Crippen molar-refractivity contribution in [3.8, 4) is 0 Å². The van der Waals surface area contributed by atoms with E-state index in [0.717, 1.165) is 34.2 Å². The number of aliphatic hydroxyl groups excluding tert-OH is 1. The Morgan fingerprint density at radius 3 is 2.86 bits per heavy atom. The lowest BCUT2D eigenvalue weighted by molar-refractivity contribution is 0.0759. The van der Waals surface area contributed by atoms with Crippen LogP contribution in [0.2, 0.25) is 0 Å². The Morgan fingerprint density at radius 1 is 1.52 bits per heavy atom. The van der Waals surface area contributed by atoms with Gasteiger partial charge in [0.25, 0.3) is 5.91 Å². The van der Waals surface area contributed by atoms with Crippen LogP contribution in [0.4, 0.5) is 0 Å². The summed E-state index contributed by atoms with van der Waals surface area (Å²) < 4.78 is 2.76. The van der Waals surface area contributed by atoms with Crippen molar-refractivity contribution in [2.24, 2.45) is 0 Å². The highest BCUT2D eigenvalue weighted by Gasteiger charge is 2.22. The second-order valence-corrected chi connectivity index (χ2v) is 6.06. The Labute approximate surface area is 132 Å². The van der Waals surface area contributed by atoms with Crippen LogP contribution >= 0.6 is 15.9 Å². The first-order chi connectivity index (χ1) is 9.99. The molecule has 0 spiro atoms. The van der Waals surface area contributed by atoms with E-state index in [1.54, 1.807) is 7.05 Å². The first-order valence-corrected chi connectivity index (χ1v) is 7.82. The number of nitrogens with zero attached hydrogens (tertiary/aromatic N) is 3. The van der Waals surface area contributed by atoms with E-state index >= 15 is 0 Å². The number of hydrogen-bond donors (Lipinski definition) is 1. The van der Waals surface area contributed by atoms with Crippen molar-refractivity contribution in [3.63, 3.8) is 0 Å². The summed E-state index contributed by atoms with van der Waals surface area (Å²) in [5.41, 5.74) is 3.23. The molecule has 6 heteroatoms. The van der Waals surface area contributed by atoms with E-state index in [1.807, 2.05) is 23.6 Å². The molecule has 1 amide bonds. The molecule has 1 N–H and O–H groups in total. The molecule has 5 nitrogen and oxygen atoms in total. The normalized spacial score (nSPS) is 11.1. The van der Waals surface area contributed by atoms with Gasteiger partial charge in [-0.15, -0.1) is 0 Å². The molecule has 0 aliphatic carbocycles. The predicted molar refractivity (Wildman–Crippen MR) is 85.7 cm³/mol. The van der Waals surface area contributed by atoms with Gasteiger partial charge in [-0.25, -0.2) is 4.98 Å². The van der Waals surface area contributed by atoms with Crippen molar-refractivity contribution in [1.82, 2.24) is 14.3 Å². The Hall–Kier alpha value is -1.40. The highest BCUT2D eigenvalue weighted by Crippen LogP contribution is 2.22. The van der Waals surface area contributed by atoms with Gasteiger partial charge < -0.3 is 10.0 Å². The molecule has 0 aliphatic heterocycles. The van der Waals surface area contributed by atoms with E-state index in [-0.39, 0.29) is 12.5 Å². The molecule has 2 aromatic heterocycles. The van der Waals surface area contributed by atoms with E-state index < -0.39 is 0 Å². The molecule has 0 unspecified atom stereocenters. The van der Waals surface area contributed by atoms with Gasteiger partial charge in [0, 0.05) is 24.3 Å². The number of hydrogen-bond acceptors (Lipinski definition) is 3. The molecule has 2 rings (SSSR count). The second kappa shape index (κ2) is 6.58. The third-order valence-electron chi connectivity index (χ3n) is 3.41. The van der Waals surface area contributed by atoms with Crippen LogP contribution in [0.1, 0.15) is 35.1 Å². The standard InChI is InChI=1S/C15H20BrN3O2/c1-4-5-12-13(15(21)18(3)6-7-20)19-9-11(16)8-10(2)14(19)17-12/h8-9,20H,4-7H2,1-3H3. The van der Waals surface area contributed by atoms with Crippen molar-refractivity contribution in [2.45, 2.75) is 26.7 Å². The van der Waals surface area contributed by atoms with Gasteiger partial charge in [0.05, 0.1) is 12.3 Å². The van der Waals surface area contributed by atoms with Gasteiger partial charge in [-0.3, -0.25) is 9.20 Å². The first kappa shape index (κ1) is 16.0. The Bertz CT molecular complexity index is 666. The fourth-order valence-corrected chi connectivity index (χ4v) is 2.93. The minimum atomic E-state index is -0.113. The minimum Gasteiger partial charge on any atom is -0.395 e. The van der Waals surface area contributed by atoms with E-state index in [0.29, 0.717) is 12.2 Å². The van der Waals surface area contributed by atoms with Gasteiger partial charge >= 0.3 is 0 Å². The number of likely N-dealkylation sites (N-methyl/N-ethyl adjacent to an activating group) is 1. The lowest BCUT2D eigenvalue weighted by Gasteiger charge is -2.16. The Balaban J connectivity index is 2.63. The molecular formula is C15H20BrN3O2. The number of amides is 1. The molecule has 0 radical (unpaired) electrons. The van der Waals surface area contributed by atoms with Gasteiger partial charge in [-0.1, -0.05) is 13.3 Å². The van der Waals surface area contributed by atoms with Crippen molar-refractivity contribution in [1.29, 1.82) is 0 Å². The molecule has 0 aliphatic rings. The smallest absolute Gasteiger partial charge is 0.272 e. The highest BCUT2D eigenvalue weighted by atomic mass is 79.9. The molecular weight excluding hydrogens is 334 g/mol. The third kappa shape index (κ3) is 3.11. The van der Waals surface area contributed by atoms with Gasteiger partial charge in [0.1, 0.15) is 11.3 Å². The zero-order valence-electron chi connectivity index (χ0n) is 12.6. The molecule has 114 valence electrons. The van der Waals surface area contributed by atoms with Crippen LogP contribution in [0.5, 0.6) is 0 Å². The molecule has 0 fully saturated rings. The van der Waals surface area contributed by atoms with E-state index in [9.17, 15) is 4.79 Å². The maximum Gasteiger partial charge on any atom is 0.272 e. The monoisotopic (exact) mass is 353 g/mol. The number of carbonyl (C=O) groups is 1. The van der Waals surface area contributed by atoms with Crippen LogP contribution in [0.25, 0.3) is 5.65 Å². The van der Waals surface area contributed by atoms with Gasteiger partial charge in [0.2, 0.25) is 0 Å². The summed E-state index contributed by atoms with van der Waals surface area (Å²) in [7, 11) is 1.69. The summed E-state index contributed by atoms with van der Waals surface area (Å²) in [4.78, 5) is 18.8. The molecule has 0 saturated carbocycles. The molecule has 0 atom stereocenters. The summed E-state index contributed by atoms with van der Waals surface area (Å²) in [6.07, 6.45) is 3.55. The Morgan fingerprint density at radius 2 is 2.24 bits per heavy atom. The van der Waals surface area contributed by atoms with E-state index in [2.05, 4.69) is 27.8 Å². The topological polar surface area (TPSA) is 57.8 Å². The van der Waals surface area contributed by atoms with Crippen molar-refractivity contribution < 1.29 is 9.90 Å². The number of pyridine rings is 1. The van der Waals surface area contributed by atoms with Crippen molar-refractivity contribution >= 4 is 27.5 Å². The zero-order chi connectivity index (χ0) is 15.6. The summed E-state index contributed by atoms with van der Waals surface area (Å²) >= 11 is 3.47. The molecule has 2 heterocycles. The number of imidazole rings is 1. The van der Waals surface area contributed by atoms with E-state index in [4.69, 9.17) is 5.11 Å². The highest BCUT2D eigenvalue weighted by molar-refractivity contribution is 9.10. The number of aryl methyl sites for hydroxylation is 2. The Kier molecular flexibility index (Phi) is 5.00. The maximum atomic E-state index is 12.7. The number of rotatable bonds is 5. The SMILES string of the molecule is CCCc1nc2c(C)cc(Br)cn2c1C(=O)N(C)CCO. The summed E-state index contributed by atoms with van der Waals surface area (Å²) in [5.74, 6) is -0.113. The quantitative estimate of drug-likeness (QED) is 0.897. The van der Waals surface area contributed by atoms with Crippen molar-refractivity contribution in [2.75, 3.05) is 20.2 Å². The zero-order valence-corrected chi connectivity index (χ0v) is 14.1. The van der Waals surface area contributed by atoms with E-state index in [1.165, 1.54) is 4.90 Å². The third-order valence-corrected chi connectivity index (χ3v) is 3.85. The molecule has 0 saturated heterocycles. The van der Waals surface area contributed by atoms with Crippen LogP contribution in [-0.4, -0.2) is 45.5 Å². The lowest BCUT2D eigenvalue weighted by atomic mass is 10.2. The number of halogens is 1. The molecule has 0 aromatic carbocycles. The van der Waals surface area contributed by atoms with Gasteiger partial charge in [-0.05, 0) is 40.9 Å². The predicted octanol–water partition coefficient (Wildman–Crippen LogP) is 2.42. The average molecular weight is 354 g/mol. The van der Waals surface area contributed by atoms with Crippen LogP contribution in [-0.2, 0) is 6.42 Å². The van der Waals surface area contributed by atoms with Gasteiger partial charge in [-0.2, -0.15) is 0 Å². The summed E-state index contributed by atoms with van der Waals surface area (Å²) in [6, 6.07) is 1.99. The number of aromatic nitrogens is 2. The molecule has 21 heavy (non-hydrogen) atoms. The second-order valence-electron chi connectivity index (χ2n) is 5.14. The van der Waals surface area contributed by atoms with Crippen LogP contribution in [0.3, 0.4) is 0 Å². The summed E-state index contributed by atoms with van der Waals surface area (Å²) in [6.45, 7) is 4.31. The molecule has 2 aromatic rings. The molecule has 0 bridgehead atoms. The van der Waals surface area contributed by atoms with Crippen molar-refractivity contribution in [3.05, 3.63) is 33.7 Å². The van der Waals surface area contributed by atoms with Gasteiger partial charge in [0.15, 0.2) is 0 Å². The summed E-state index contributed by atoms with van der Waals surface area (Å²) in [5, 5.41) is 9.03. The number of fused-ring (bicyclic) bond motifs is 1. The van der Waals surface area contributed by atoms with Crippen LogP contribution < -0.4 is 0 Å². The number of aliphatic hydroxyl groups is 1. The maximum absolute atomic E-state index is 12.7. The fourth-order valence-electron chi connectivity index (χ4n) is 2.39. The fraction of sp³-hybridized carbons (Fsp3) is 0.467. The lowest BCUT2D eigenvalue weighted by Crippen LogP contribution is -2.31. The average Bonchev–Trinajstić information content (AvgIpc) is 2.77. The largest absolute Gasteiger partial charge is 0.395 e. The number of carbonyl (C=O) groups excluding carboxylic acids is 1. The minimum absolute atomic E-state index is 0.0508. The first-order valence-electron chi connectivity index (χ1n) is 7.03. The van der Waals surface area contributed by atoms with Crippen LogP contribution in [0, 0.1) is 6.92 Å².